The van der Waals surface area contributed by atoms with Crippen LogP contribution in [0.2, 0.25) is 0 Å². The van der Waals surface area contributed by atoms with Crippen LogP contribution in [0.1, 0.15) is 16.8 Å². The number of carbonyl (C=O) groups is 1. The van der Waals surface area contributed by atoms with Crippen molar-refractivity contribution >= 4 is 39.3 Å². The summed E-state index contributed by atoms with van der Waals surface area (Å²) in [7, 11) is 2.92. The monoisotopic (exact) mass is 701 g/mol. The van der Waals surface area contributed by atoms with E-state index in [0.717, 1.165) is 35.0 Å². The van der Waals surface area contributed by atoms with Gasteiger partial charge in [0.25, 0.3) is 5.91 Å². The normalized spacial score (nSPS) is 14.3. The van der Waals surface area contributed by atoms with Crippen LogP contribution in [0.15, 0.2) is 71.9 Å². The highest BCUT2D eigenvalue weighted by atomic mass is 19.1. The molecule has 1 amide bonds. The van der Waals surface area contributed by atoms with Gasteiger partial charge >= 0.3 is 0 Å². The molecular formula is C35H27F4N7O5. The van der Waals surface area contributed by atoms with Gasteiger partial charge in [0.15, 0.2) is 40.3 Å². The maximum atomic E-state index is 15.4. The topological polar surface area (TPSA) is 147 Å². The van der Waals surface area contributed by atoms with Crippen molar-refractivity contribution in [3.63, 3.8) is 0 Å². The van der Waals surface area contributed by atoms with Gasteiger partial charge in [-0.3, -0.25) is 14.2 Å². The van der Waals surface area contributed by atoms with Crippen LogP contribution < -0.4 is 35.6 Å². The first-order chi connectivity index (χ1) is 24.5. The number of methoxy groups -OCH3 is 2. The Morgan fingerprint density at radius 3 is 2.39 bits per heavy atom. The van der Waals surface area contributed by atoms with Crippen molar-refractivity contribution < 1.29 is 36.6 Å². The fourth-order valence-corrected chi connectivity index (χ4v) is 5.84. The third-order valence-electron chi connectivity index (χ3n) is 8.35. The minimum atomic E-state index is -1.03. The number of amides is 1. The number of halogens is 4. The number of anilines is 2. The first-order valence-electron chi connectivity index (χ1n) is 15.4. The third kappa shape index (κ3) is 6.20. The number of rotatable bonds is 8. The van der Waals surface area contributed by atoms with E-state index in [0.29, 0.717) is 48.0 Å². The Morgan fingerprint density at radius 1 is 0.902 bits per heavy atom. The summed E-state index contributed by atoms with van der Waals surface area (Å²) in [6.07, 6.45) is 2.82. The Labute approximate surface area is 286 Å². The number of hydrogen-bond acceptors (Lipinski definition) is 10. The molecule has 3 aromatic heterocycles. The molecule has 4 heterocycles. The maximum absolute atomic E-state index is 15.4. The summed E-state index contributed by atoms with van der Waals surface area (Å²) in [5, 5.41) is 2.49. The quantitative estimate of drug-likeness (QED) is 0.196. The molecule has 260 valence electrons. The van der Waals surface area contributed by atoms with Gasteiger partial charge < -0.3 is 30.2 Å². The smallest absolute Gasteiger partial charge is 0.261 e. The highest BCUT2D eigenvalue weighted by Crippen LogP contribution is 2.36. The molecule has 0 saturated carbocycles. The Kier molecular flexibility index (Phi) is 8.60. The van der Waals surface area contributed by atoms with E-state index in [1.54, 1.807) is 17.0 Å². The molecular weight excluding hydrogens is 674 g/mol. The van der Waals surface area contributed by atoms with Gasteiger partial charge in [-0.05, 0) is 42.8 Å². The van der Waals surface area contributed by atoms with Crippen molar-refractivity contribution in [2.75, 3.05) is 37.5 Å². The molecule has 0 spiro atoms. The lowest BCUT2D eigenvalue weighted by Crippen LogP contribution is -2.28. The van der Waals surface area contributed by atoms with Crippen molar-refractivity contribution in [1.82, 2.24) is 19.5 Å². The number of nitrogens with one attached hydrogen (secondary N) is 1. The predicted octanol–water partition coefficient (Wildman–Crippen LogP) is 5.48. The van der Waals surface area contributed by atoms with Gasteiger partial charge in [-0.1, -0.05) is 0 Å². The molecule has 0 bridgehead atoms. The van der Waals surface area contributed by atoms with Crippen LogP contribution in [0.4, 0.5) is 29.1 Å². The SMILES string of the molecule is COc1cc2ncnc(Oc3ccc(NC(=O)c4cn(-c5ccc(F)cc5F)c5nc(N6CCC(N)C6)c(F)cc5c4=O)cc3F)c2cc1OC. The van der Waals surface area contributed by atoms with Gasteiger partial charge in [0.05, 0.1) is 36.2 Å². The Morgan fingerprint density at radius 2 is 1.69 bits per heavy atom. The summed E-state index contributed by atoms with van der Waals surface area (Å²) < 4.78 is 77.2. The summed E-state index contributed by atoms with van der Waals surface area (Å²) in [6, 6.07) is 10.1. The van der Waals surface area contributed by atoms with Crippen LogP contribution in [0.5, 0.6) is 23.1 Å². The van der Waals surface area contributed by atoms with E-state index in [4.69, 9.17) is 19.9 Å². The molecule has 1 atom stereocenters. The number of aromatic nitrogens is 4. The van der Waals surface area contributed by atoms with E-state index in [9.17, 15) is 14.0 Å². The number of fused-ring (bicyclic) bond motifs is 2. The zero-order chi connectivity index (χ0) is 36.0. The standard InChI is InChI=1S/C35H27F4N7O5/c1-49-29-12-20-26(13-30(29)50-2)41-16-42-35(20)51-28-6-4-19(10-24(28)38)43-34(48)22-15-46(27-5-3-17(36)9-23(27)37)32-21(31(22)47)11-25(39)33(44-32)45-8-7-18(40)14-45/h3-6,9-13,15-16,18H,7-8,14,40H2,1-2H3,(H,43,48). The van der Waals surface area contributed by atoms with E-state index in [1.165, 1.54) is 32.7 Å². The van der Waals surface area contributed by atoms with Gasteiger partial charge in [-0.2, -0.15) is 0 Å². The second kappa shape index (κ2) is 13.2. The van der Waals surface area contributed by atoms with Crippen LogP contribution in [0, 0.1) is 23.3 Å². The van der Waals surface area contributed by atoms with Crippen LogP contribution in [0.3, 0.4) is 0 Å². The van der Waals surface area contributed by atoms with Crippen molar-refractivity contribution in [2.24, 2.45) is 5.73 Å². The molecule has 7 rings (SSSR count). The van der Waals surface area contributed by atoms with Crippen LogP contribution in [-0.2, 0) is 0 Å². The lowest BCUT2D eigenvalue weighted by molar-refractivity contribution is 0.102. The number of nitrogens with zero attached hydrogens (tertiary/aromatic N) is 5. The zero-order valence-corrected chi connectivity index (χ0v) is 26.9. The molecule has 1 saturated heterocycles. The number of nitrogens with two attached hydrogens (primary N) is 1. The maximum Gasteiger partial charge on any atom is 0.261 e. The van der Waals surface area contributed by atoms with Gasteiger partial charge in [0.1, 0.15) is 23.5 Å². The molecule has 0 radical (unpaired) electrons. The third-order valence-corrected chi connectivity index (χ3v) is 8.35. The molecule has 6 aromatic rings. The Bertz CT molecular complexity index is 2430. The second-order valence-electron chi connectivity index (χ2n) is 11.6. The molecule has 0 aliphatic carbocycles. The first kappa shape index (κ1) is 33.2. The second-order valence-corrected chi connectivity index (χ2v) is 11.6. The van der Waals surface area contributed by atoms with E-state index < -0.39 is 40.2 Å². The lowest BCUT2D eigenvalue weighted by Gasteiger charge is -2.20. The van der Waals surface area contributed by atoms with Gasteiger partial charge in [-0.15, -0.1) is 0 Å². The zero-order valence-electron chi connectivity index (χ0n) is 26.9. The Hall–Kier alpha value is -6.29. The van der Waals surface area contributed by atoms with Crippen LogP contribution in [-0.4, -0.2) is 58.8 Å². The van der Waals surface area contributed by atoms with Crippen molar-refractivity contribution in [2.45, 2.75) is 12.5 Å². The summed E-state index contributed by atoms with van der Waals surface area (Å²) in [6.45, 7) is 0.692. The van der Waals surface area contributed by atoms with Gasteiger partial charge in [0, 0.05) is 49.2 Å². The largest absolute Gasteiger partial charge is 0.493 e. The van der Waals surface area contributed by atoms with E-state index in [1.807, 2.05) is 0 Å². The molecule has 3 aromatic carbocycles. The molecule has 12 nitrogen and oxygen atoms in total. The summed E-state index contributed by atoms with van der Waals surface area (Å²) >= 11 is 0. The summed E-state index contributed by atoms with van der Waals surface area (Å²) in [4.78, 5) is 41.4. The highest BCUT2D eigenvalue weighted by Gasteiger charge is 2.27. The molecule has 16 heteroatoms. The fraction of sp³-hybridized carbons (Fsp3) is 0.171. The molecule has 1 fully saturated rings. The van der Waals surface area contributed by atoms with Crippen molar-refractivity contribution in [1.29, 1.82) is 0 Å². The average Bonchev–Trinajstić information content (AvgIpc) is 3.55. The molecule has 51 heavy (non-hydrogen) atoms. The van der Waals surface area contributed by atoms with Crippen molar-refractivity contribution in [3.8, 4) is 28.8 Å². The van der Waals surface area contributed by atoms with Crippen LogP contribution in [0.25, 0.3) is 27.6 Å². The summed E-state index contributed by atoms with van der Waals surface area (Å²) in [5.41, 5.74) is 4.43. The molecule has 1 aliphatic rings. The fourth-order valence-electron chi connectivity index (χ4n) is 5.84. The Balaban J connectivity index is 1.23. The highest BCUT2D eigenvalue weighted by molar-refractivity contribution is 6.06. The van der Waals surface area contributed by atoms with Crippen molar-refractivity contribution in [3.05, 3.63) is 106 Å². The molecule has 3 N–H and O–H groups in total. The summed E-state index contributed by atoms with van der Waals surface area (Å²) in [5.74, 6) is -4.25. The van der Waals surface area contributed by atoms with Crippen LogP contribution >= 0.6 is 0 Å². The molecule has 1 unspecified atom stereocenters. The van der Waals surface area contributed by atoms with E-state index >= 15 is 13.2 Å². The lowest BCUT2D eigenvalue weighted by atomic mass is 10.1. The van der Waals surface area contributed by atoms with Gasteiger partial charge in [-0.25, -0.2) is 32.5 Å². The average molecular weight is 702 g/mol. The molecule has 1 aliphatic heterocycles. The number of carbonyl (C=O) groups excluding carboxylic acids is 1. The first-order valence-corrected chi connectivity index (χ1v) is 15.4. The number of ether oxygens (including phenoxy) is 3. The van der Waals surface area contributed by atoms with E-state index in [-0.39, 0.29) is 45.9 Å². The number of pyridine rings is 2. The number of hydrogen-bond donors (Lipinski definition) is 2. The predicted molar refractivity (Wildman–Crippen MR) is 179 cm³/mol. The van der Waals surface area contributed by atoms with E-state index in [2.05, 4.69) is 20.3 Å². The minimum Gasteiger partial charge on any atom is -0.493 e. The number of benzene rings is 3. The van der Waals surface area contributed by atoms with Gasteiger partial charge in [0.2, 0.25) is 11.3 Å². The minimum absolute atomic E-state index is 0.0120.